The van der Waals surface area contributed by atoms with E-state index in [4.69, 9.17) is 28.9 Å². The third-order valence-electron chi connectivity index (χ3n) is 5.23. The van der Waals surface area contributed by atoms with Crippen LogP contribution < -0.4 is 11.1 Å². The molecule has 2 atom stereocenters. The number of hydrogen-bond acceptors (Lipinski definition) is 6. The predicted octanol–water partition coefficient (Wildman–Crippen LogP) is 3.73. The SMILES string of the molecule is CC(C)C.N[C@H](Cc1ccc(Cl)cc1Cl)C(=O)N1CCN(C(=O)O)C[C@@H]1CCCNc1ncn[nH]1. The van der Waals surface area contributed by atoms with Crippen LogP contribution in [0.5, 0.6) is 0 Å². The van der Waals surface area contributed by atoms with Crippen LogP contribution in [0.2, 0.25) is 10.0 Å². The summed E-state index contributed by atoms with van der Waals surface area (Å²) in [5.74, 6) is 1.18. The van der Waals surface area contributed by atoms with E-state index in [9.17, 15) is 14.7 Å². The molecule has 0 unspecified atom stereocenters. The lowest BCUT2D eigenvalue weighted by atomic mass is 10.0. The van der Waals surface area contributed by atoms with Crippen molar-refractivity contribution in [1.29, 1.82) is 0 Å². The average molecular weight is 528 g/mol. The summed E-state index contributed by atoms with van der Waals surface area (Å²) >= 11 is 12.1. The van der Waals surface area contributed by atoms with E-state index in [1.54, 1.807) is 23.1 Å². The van der Waals surface area contributed by atoms with Crippen molar-refractivity contribution in [3.63, 3.8) is 0 Å². The van der Waals surface area contributed by atoms with Crippen LogP contribution in [0.1, 0.15) is 39.2 Å². The number of nitrogens with two attached hydrogens (primary N) is 1. The van der Waals surface area contributed by atoms with Crippen molar-refractivity contribution >= 4 is 41.2 Å². The second kappa shape index (κ2) is 14.1. The standard InChI is InChI=1S/C19H25Cl2N7O3.C4H10/c20-13-4-3-12(15(21)9-13)8-16(22)17(29)28-7-6-27(19(30)31)10-14(28)2-1-5-23-18-24-11-25-26-18;1-4(2)3/h3-4,9,11,14,16H,1-2,5-8,10,22H2,(H,30,31)(H2,23,24,25,26);4H,1-3H3/t14-,16+;/m0./s1. The zero-order chi connectivity index (χ0) is 26.0. The number of piperazine rings is 1. The highest BCUT2D eigenvalue weighted by Crippen LogP contribution is 2.23. The van der Waals surface area contributed by atoms with Gasteiger partial charge in [0, 0.05) is 42.3 Å². The number of rotatable bonds is 8. The number of halogens is 2. The molecular formula is C23H35Cl2N7O3. The van der Waals surface area contributed by atoms with Gasteiger partial charge in [0.1, 0.15) is 6.33 Å². The number of nitrogens with one attached hydrogen (secondary N) is 2. The second-order valence-electron chi connectivity index (χ2n) is 9.10. The van der Waals surface area contributed by atoms with Gasteiger partial charge in [0.2, 0.25) is 11.9 Å². The van der Waals surface area contributed by atoms with E-state index in [0.717, 1.165) is 11.5 Å². The Bertz CT molecular complexity index is 940. The average Bonchev–Trinajstić information content (AvgIpc) is 3.31. The smallest absolute Gasteiger partial charge is 0.407 e. The summed E-state index contributed by atoms with van der Waals surface area (Å²) in [6.07, 6.45) is 2.01. The minimum Gasteiger partial charge on any atom is -0.465 e. The molecule has 3 rings (SSSR count). The molecule has 1 aromatic heterocycles. The minimum absolute atomic E-state index is 0.218. The van der Waals surface area contributed by atoms with Gasteiger partial charge in [0.15, 0.2) is 0 Å². The number of carbonyl (C=O) groups is 2. The number of aromatic amines is 1. The van der Waals surface area contributed by atoms with Crippen molar-refractivity contribution in [3.8, 4) is 0 Å². The fourth-order valence-corrected chi connectivity index (χ4v) is 4.11. The predicted molar refractivity (Wildman–Crippen MR) is 138 cm³/mol. The zero-order valence-electron chi connectivity index (χ0n) is 20.4. The topological polar surface area (TPSA) is 140 Å². The molecule has 2 amide bonds. The van der Waals surface area contributed by atoms with Crippen LogP contribution in [-0.2, 0) is 11.2 Å². The third-order valence-corrected chi connectivity index (χ3v) is 5.82. The summed E-state index contributed by atoms with van der Waals surface area (Å²) < 4.78 is 0. The van der Waals surface area contributed by atoms with Gasteiger partial charge >= 0.3 is 6.09 Å². The molecule has 35 heavy (non-hydrogen) atoms. The summed E-state index contributed by atoms with van der Waals surface area (Å²) in [4.78, 5) is 31.6. The van der Waals surface area contributed by atoms with Gasteiger partial charge in [0.25, 0.3) is 0 Å². The summed E-state index contributed by atoms with van der Waals surface area (Å²) in [5, 5.41) is 19.9. The summed E-state index contributed by atoms with van der Waals surface area (Å²) in [5.41, 5.74) is 6.96. The van der Waals surface area contributed by atoms with Gasteiger partial charge in [-0.2, -0.15) is 5.10 Å². The van der Waals surface area contributed by atoms with Gasteiger partial charge in [-0.05, 0) is 42.9 Å². The number of aromatic nitrogens is 3. The second-order valence-corrected chi connectivity index (χ2v) is 9.94. The molecule has 194 valence electrons. The van der Waals surface area contributed by atoms with Crippen molar-refractivity contribution < 1.29 is 14.7 Å². The lowest BCUT2D eigenvalue weighted by Gasteiger charge is -2.41. The first kappa shape index (κ1) is 28.7. The Labute approximate surface area is 216 Å². The molecule has 12 heteroatoms. The fourth-order valence-electron chi connectivity index (χ4n) is 3.63. The lowest BCUT2D eigenvalue weighted by molar-refractivity contribution is -0.137. The zero-order valence-corrected chi connectivity index (χ0v) is 21.9. The van der Waals surface area contributed by atoms with Crippen LogP contribution >= 0.6 is 23.2 Å². The quantitative estimate of drug-likeness (QED) is 0.383. The molecule has 10 nitrogen and oxygen atoms in total. The molecule has 2 aromatic rings. The summed E-state index contributed by atoms with van der Waals surface area (Å²) in [6, 6.07) is 4.03. The number of anilines is 1. The maximum Gasteiger partial charge on any atom is 0.407 e. The highest BCUT2D eigenvalue weighted by Gasteiger charge is 2.34. The maximum absolute atomic E-state index is 13.1. The molecule has 1 saturated heterocycles. The van der Waals surface area contributed by atoms with Crippen molar-refractivity contribution in [3.05, 3.63) is 40.1 Å². The van der Waals surface area contributed by atoms with Crippen LogP contribution in [0.3, 0.4) is 0 Å². The maximum atomic E-state index is 13.1. The van der Waals surface area contributed by atoms with E-state index in [0.29, 0.717) is 41.9 Å². The first-order valence-electron chi connectivity index (χ1n) is 11.7. The molecule has 1 aromatic carbocycles. The lowest BCUT2D eigenvalue weighted by Crippen LogP contribution is -2.59. The van der Waals surface area contributed by atoms with E-state index in [2.05, 4.69) is 41.3 Å². The number of carboxylic acid groups (broad SMARTS) is 1. The fraction of sp³-hybridized carbons (Fsp3) is 0.565. The van der Waals surface area contributed by atoms with Crippen LogP contribution in [-0.4, -0.2) is 80.4 Å². The Kier molecular flexibility index (Phi) is 11.6. The Morgan fingerprint density at radius 1 is 1.29 bits per heavy atom. The minimum atomic E-state index is -0.992. The molecule has 0 spiro atoms. The van der Waals surface area contributed by atoms with Gasteiger partial charge in [-0.1, -0.05) is 50.0 Å². The van der Waals surface area contributed by atoms with Crippen molar-refractivity contribution in [1.82, 2.24) is 25.0 Å². The van der Waals surface area contributed by atoms with Crippen LogP contribution in [0.25, 0.3) is 0 Å². The van der Waals surface area contributed by atoms with Gasteiger partial charge < -0.3 is 26.0 Å². The van der Waals surface area contributed by atoms with Crippen LogP contribution in [0, 0.1) is 5.92 Å². The molecule has 0 radical (unpaired) electrons. The molecule has 5 N–H and O–H groups in total. The van der Waals surface area contributed by atoms with Gasteiger partial charge in [-0.3, -0.25) is 4.79 Å². The largest absolute Gasteiger partial charge is 0.465 e. The molecule has 1 aliphatic heterocycles. The number of carbonyl (C=O) groups excluding carboxylic acids is 1. The highest BCUT2D eigenvalue weighted by atomic mass is 35.5. The number of amides is 2. The molecule has 1 fully saturated rings. The molecule has 0 saturated carbocycles. The van der Waals surface area contributed by atoms with E-state index < -0.39 is 12.1 Å². The van der Waals surface area contributed by atoms with Crippen molar-refractivity contribution in [2.75, 3.05) is 31.5 Å². The van der Waals surface area contributed by atoms with E-state index in [1.165, 1.54) is 11.2 Å². The van der Waals surface area contributed by atoms with Crippen molar-refractivity contribution in [2.24, 2.45) is 11.7 Å². The number of nitrogens with zero attached hydrogens (tertiary/aromatic N) is 4. The Balaban J connectivity index is 0.00000100. The van der Waals surface area contributed by atoms with Gasteiger partial charge in [-0.25, -0.2) is 14.9 Å². The molecular weight excluding hydrogens is 493 g/mol. The number of H-pyrrole nitrogens is 1. The van der Waals surface area contributed by atoms with Crippen LogP contribution in [0.15, 0.2) is 24.5 Å². The van der Waals surface area contributed by atoms with E-state index in [1.807, 2.05) is 0 Å². The van der Waals surface area contributed by atoms with Crippen LogP contribution in [0.4, 0.5) is 10.7 Å². The number of benzene rings is 1. The summed E-state index contributed by atoms with van der Waals surface area (Å²) in [7, 11) is 0. The first-order valence-corrected chi connectivity index (χ1v) is 12.4. The monoisotopic (exact) mass is 527 g/mol. The van der Waals surface area contributed by atoms with E-state index >= 15 is 0 Å². The van der Waals surface area contributed by atoms with Gasteiger partial charge in [-0.15, -0.1) is 0 Å². The first-order chi connectivity index (χ1) is 16.6. The Morgan fingerprint density at radius 2 is 2.00 bits per heavy atom. The normalized spacial score (nSPS) is 16.5. The van der Waals surface area contributed by atoms with Gasteiger partial charge in [0.05, 0.1) is 6.04 Å². The Morgan fingerprint density at radius 3 is 2.60 bits per heavy atom. The van der Waals surface area contributed by atoms with Crippen molar-refractivity contribution in [2.45, 2.75) is 52.1 Å². The summed E-state index contributed by atoms with van der Waals surface area (Å²) in [6.45, 7) is 7.90. The Hall–Kier alpha value is -2.56. The number of hydrogen-bond donors (Lipinski definition) is 4. The third kappa shape index (κ3) is 9.54. The molecule has 0 aliphatic carbocycles. The molecule has 0 bridgehead atoms. The molecule has 2 heterocycles. The molecule has 1 aliphatic rings. The highest BCUT2D eigenvalue weighted by molar-refractivity contribution is 6.35. The van der Waals surface area contributed by atoms with E-state index in [-0.39, 0.29) is 31.5 Å².